The summed E-state index contributed by atoms with van der Waals surface area (Å²) in [6, 6.07) is 3.50. The summed E-state index contributed by atoms with van der Waals surface area (Å²) in [4.78, 5) is 24.1. The summed E-state index contributed by atoms with van der Waals surface area (Å²) in [6.45, 7) is 0.158. The number of fused-ring (bicyclic) bond motifs is 1. The number of amides is 1. The standard InChI is InChI=1S/C12H12BrNO4/c1-18-10-4-7-2-3-14(6-11(15)16)12(17)8(7)5-9(10)13/h4-5H,2-3,6H2,1H3,(H,15,16). The molecule has 5 nitrogen and oxygen atoms in total. The van der Waals surface area contributed by atoms with Crippen molar-refractivity contribution >= 4 is 27.8 Å². The van der Waals surface area contributed by atoms with E-state index in [9.17, 15) is 9.59 Å². The normalized spacial score (nSPS) is 14.3. The van der Waals surface area contributed by atoms with Crippen LogP contribution in [0.3, 0.4) is 0 Å². The molecule has 1 N–H and O–H groups in total. The largest absolute Gasteiger partial charge is 0.496 e. The average molecular weight is 314 g/mol. The molecule has 18 heavy (non-hydrogen) atoms. The van der Waals surface area contributed by atoms with Crippen molar-refractivity contribution in [3.63, 3.8) is 0 Å². The summed E-state index contributed by atoms with van der Waals surface area (Å²) in [7, 11) is 1.56. The Morgan fingerprint density at radius 1 is 1.56 bits per heavy atom. The van der Waals surface area contributed by atoms with Gasteiger partial charge in [-0.2, -0.15) is 0 Å². The Bertz CT molecular complexity index is 515. The Morgan fingerprint density at radius 3 is 2.89 bits per heavy atom. The van der Waals surface area contributed by atoms with Crippen LogP contribution in [0.5, 0.6) is 5.75 Å². The maximum Gasteiger partial charge on any atom is 0.323 e. The van der Waals surface area contributed by atoms with Crippen LogP contribution < -0.4 is 4.74 Å². The molecule has 0 saturated heterocycles. The fourth-order valence-electron chi connectivity index (χ4n) is 2.00. The van der Waals surface area contributed by atoms with Crippen LogP contribution >= 0.6 is 15.9 Å². The van der Waals surface area contributed by atoms with E-state index in [2.05, 4.69) is 15.9 Å². The number of carboxylic acids is 1. The minimum absolute atomic E-state index is 0.248. The lowest BCUT2D eigenvalue weighted by atomic mass is 9.98. The smallest absolute Gasteiger partial charge is 0.323 e. The highest BCUT2D eigenvalue weighted by atomic mass is 79.9. The topological polar surface area (TPSA) is 66.8 Å². The summed E-state index contributed by atoms with van der Waals surface area (Å²) < 4.78 is 5.86. The van der Waals surface area contributed by atoms with Gasteiger partial charge in [-0.3, -0.25) is 9.59 Å². The van der Waals surface area contributed by atoms with Gasteiger partial charge in [-0.15, -0.1) is 0 Å². The van der Waals surface area contributed by atoms with E-state index in [0.717, 1.165) is 5.56 Å². The molecule has 0 fully saturated rings. The molecule has 6 heteroatoms. The number of rotatable bonds is 3. The van der Waals surface area contributed by atoms with Crippen LogP contribution in [0.4, 0.5) is 0 Å². The number of carbonyl (C=O) groups excluding carboxylic acids is 1. The van der Waals surface area contributed by atoms with Gasteiger partial charge in [-0.05, 0) is 40.0 Å². The molecule has 0 radical (unpaired) electrons. The van der Waals surface area contributed by atoms with Crippen LogP contribution in [0, 0.1) is 0 Å². The molecule has 1 aromatic carbocycles. The van der Waals surface area contributed by atoms with Gasteiger partial charge in [0.2, 0.25) is 0 Å². The highest BCUT2D eigenvalue weighted by Gasteiger charge is 2.26. The number of nitrogens with zero attached hydrogens (tertiary/aromatic N) is 1. The Kier molecular flexibility index (Phi) is 3.56. The Hall–Kier alpha value is -1.56. The summed E-state index contributed by atoms with van der Waals surface area (Å²) >= 11 is 3.32. The molecule has 1 amide bonds. The van der Waals surface area contributed by atoms with Crippen molar-refractivity contribution in [1.82, 2.24) is 4.90 Å². The van der Waals surface area contributed by atoms with Crippen LogP contribution in [-0.2, 0) is 11.2 Å². The average Bonchev–Trinajstić information content (AvgIpc) is 2.32. The molecule has 1 aromatic rings. The molecular formula is C12H12BrNO4. The predicted molar refractivity (Wildman–Crippen MR) is 67.9 cm³/mol. The number of aliphatic carboxylic acids is 1. The zero-order valence-corrected chi connectivity index (χ0v) is 11.4. The molecule has 0 spiro atoms. The second-order valence-corrected chi connectivity index (χ2v) is 4.87. The number of hydrogen-bond donors (Lipinski definition) is 1. The van der Waals surface area contributed by atoms with Gasteiger partial charge in [0, 0.05) is 12.1 Å². The van der Waals surface area contributed by atoms with E-state index in [1.54, 1.807) is 13.2 Å². The van der Waals surface area contributed by atoms with Crippen LogP contribution in [-0.4, -0.2) is 42.1 Å². The first kappa shape index (κ1) is 12.9. The van der Waals surface area contributed by atoms with Crippen LogP contribution in [0.2, 0.25) is 0 Å². The first-order valence-electron chi connectivity index (χ1n) is 5.40. The highest BCUT2D eigenvalue weighted by Crippen LogP contribution is 2.31. The first-order valence-corrected chi connectivity index (χ1v) is 6.19. The van der Waals surface area contributed by atoms with Gasteiger partial charge < -0.3 is 14.7 Å². The van der Waals surface area contributed by atoms with Crippen molar-refractivity contribution in [2.45, 2.75) is 6.42 Å². The molecule has 1 aliphatic rings. The van der Waals surface area contributed by atoms with Gasteiger partial charge in [0.15, 0.2) is 0 Å². The fraction of sp³-hybridized carbons (Fsp3) is 0.333. The lowest BCUT2D eigenvalue weighted by molar-refractivity contribution is -0.137. The minimum atomic E-state index is -1.00. The number of benzene rings is 1. The second-order valence-electron chi connectivity index (χ2n) is 4.01. The molecule has 0 atom stereocenters. The lowest BCUT2D eigenvalue weighted by Gasteiger charge is -2.27. The van der Waals surface area contributed by atoms with Gasteiger partial charge in [0.1, 0.15) is 12.3 Å². The number of ether oxygens (including phenoxy) is 1. The molecule has 0 bridgehead atoms. The van der Waals surface area contributed by atoms with Crippen LogP contribution in [0.15, 0.2) is 16.6 Å². The van der Waals surface area contributed by atoms with Crippen molar-refractivity contribution in [3.05, 3.63) is 27.7 Å². The van der Waals surface area contributed by atoms with Crippen molar-refractivity contribution in [2.75, 3.05) is 20.2 Å². The number of halogens is 1. The maximum atomic E-state index is 12.1. The van der Waals surface area contributed by atoms with Crippen molar-refractivity contribution in [1.29, 1.82) is 0 Å². The van der Waals surface area contributed by atoms with E-state index in [0.29, 0.717) is 28.8 Å². The summed E-state index contributed by atoms with van der Waals surface area (Å²) in [5.41, 5.74) is 1.43. The molecule has 0 unspecified atom stereocenters. The van der Waals surface area contributed by atoms with Gasteiger partial charge in [0.25, 0.3) is 5.91 Å². The zero-order valence-electron chi connectivity index (χ0n) is 9.77. The molecule has 0 aromatic heterocycles. The number of carboxylic acid groups (broad SMARTS) is 1. The third kappa shape index (κ3) is 2.33. The van der Waals surface area contributed by atoms with Crippen molar-refractivity contribution in [2.24, 2.45) is 0 Å². The molecule has 1 heterocycles. The predicted octanol–water partition coefficient (Wildman–Crippen LogP) is 1.54. The third-order valence-electron chi connectivity index (χ3n) is 2.87. The fourth-order valence-corrected chi connectivity index (χ4v) is 2.50. The van der Waals surface area contributed by atoms with E-state index < -0.39 is 5.97 Å². The highest BCUT2D eigenvalue weighted by molar-refractivity contribution is 9.10. The number of methoxy groups -OCH3 is 1. The maximum absolute atomic E-state index is 12.1. The van der Waals surface area contributed by atoms with Gasteiger partial charge in [0.05, 0.1) is 11.6 Å². The van der Waals surface area contributed by atoms with Crippen molar-refractivity contribution in [3.8, 4) is 5.75 Å². The molecule has 0 saturated carbocycles. The second kappa shape index (κ2) is 4.97. The van der Waals surface area contributed by atoms with E-state index in [1.165, 1.54) is 4.90 Å². The molecular weight excluding hydrogens is 302 g/mol. The van der Waals surface area contributed by atoms with E-state index >= 15 is 0 Å². The first-order chi connectivity index (χ1) is 8.52. The summed E-state index contributed by atoms with van der Waals surface area (Å²) in [6.07, 6.45) is 0.637. The number of carbonyl (C=O) groups is 2. The Balaban J connectivity index is 2.35. The molecule has 0 aliphatic carbocycles. The van der Waals surface area contributed by atoms with Gasteiger partial charge in [-0.25, -0.2) is 0 Å². The Morgan fingerprint density at radius 2 is 2.28 bits per heavy atom. The summed E-state index contributed by atoms with van der Waals surface area (Å²) in [5.74, 6) is -0.574. The Labute approximate surface area is 112 Å². The third-order valence-corrected chi connectivity index (χ3v) is 3.49. The lowest BCUT2D eigenvalue weighted by Crippen LogP contribution is -2.40. The van der Waals surface area contributed by atoms with Crippen LogP contribution in [0.1, 0.15) is 15.9 Å². The van der Waals surface area contributed by atoms with E-state index in [4.69, 9.17) is 9.84 Å². The SMILES string of the molecule is COc1cc2c(cc1Br)C(=O)N(CC(=O)O)CC2. The minimum Gasteiger partial charge on any atom is -0.496 e. The quantitative estimate of drug-likeness (QED) is 0.919. The van der Waals surface area contributed by atoms with Crippen LogP contribution in [0.25, 0.3) is 0 Å². The zero-order chi connectivity index (χ0) is 13.3. The van der Waals surface area contributed by atoms with E-state index in [1.807, 2.05) is 6.07 Å². The molecule has 96 valence electrons. The molecule has 2 rings (SSSR count). The van der Waals surface area contributed by atoms with Gasteiger partial charge >= 0.3 is 5.97 Å². The number of hydrogen-bond acceptors (Lipinski definition) is 3. The van der Waals surface area contributed by atoms with Gasteiger partial charge in [-0.1, -0.05) is 0 Å². The molecule has 1 aliphatic heterocycles. The van der Waals surface area contributed by atoms with E-state index in [-0.39, 0.29) is 12.5 Å². The summed E-state index contributed by atoms with van der Waals surface area (Å²) in [5, 5.41) is 8.75. The monoisotopic (exact) mass is 313 g/mol. The van der Waals surface area contributed by atoms with Crippen molar-refractivity contribution < 1.29 is 19.4 Å².